The van der Waals surface area contributed by atoms with E-state index in [1.807, 2.05) is 48.5 Å². The molecule has 3 aromatic rings. The summed E-state index contributed by atoms with van der Waals surface area (Å²) in [5, 5.41) is 4.38. The Morgan fingerprint density at radius 3 is 2.45 bits per heavy atom. The molecule has 1 aromatic heterocycles. The van der Waals surface area contributed by atoms with E-state index in [1.165, 1.54) is 0 Å². The molecule has 1 aliphatic heterocycles. The third kappa shape index (κ3) is 4.35. The summed E-state index contributed by atoms with van der Waals surface area (Å²) in [4.78, 5) is 16.5. The van der Waals surface area contributed by atoms with E-state index >= 15 is 0 Å². The molecule has 31 heavy (non-hydrogen) atoms. The molecule has 0 aliphatic carbocycles. The third-order valence-corrected chi connectivity index (χ3v) is 5.47. The molecule has 2 heterocycles. The van der Waals surface area contributed by atoms with E-state index in [4.69, 9.17) is 14.0 Å². The topological polar surface area (TPSA) is 68.0 Å². The van der Waals surface area contributed by atoms with E-state index in [0.29, 0.717) is 24.7 Å². The Morgan fingerprint density at radius 1 is 1.00 bits per heavy atom. The van der Waals surface area contributed by atoms with Crippen molar-refractivity contribution in [2.45, 2.75) is 33.9 Å². The average molecular weight is 421 g/mol. The summed E-state index contributed by atoms with van der Waals surface area (Å²) >= 11 is 0. The highest BCUT2D eigenvalue weighted by Gasteiger charge is 2.25. The molecule has 162 valence electrons. The van der Waals surface area contributed by atoms with Gasteiger partial charge in [0.1, 0.15) is 5.69 Å². The zero-order valence-electron chi connectivity index (χ0n) is 18.1. The quantitative estimate of drug-likeness (QED) is 0.535. The first-order chi connectivity index (χ1) is 15.1. The lowest BCUT2D eigenvalue weighted by molar-refractivity contribution is -0.130. The van der Waals surface area contributed by atoms with Gasteiger partial charge in [0.25, 0.3) is 0 Å². The van der Waals surface area contributed by atoms with E-state index < -0.39 is 0 Å². The molecule has 7 heteroatoms. The monoisotopic (exact) mass is 421 g/mol. The SMILES string of the molecule is CCN(CC)c1onc(-c2ccccc2)c1CN(Cc1ccc2c(c1)OCO2)C(C)=O. The molecule has 0 radical (unpaired) electrons. The maximum atomic E-state index is 12.6. The van der Waals surface area contributed by atoms with Gasteiger partial charge in [0, 0.05) is 32.1 Å². The first-order valence-electron chi connectivity index (χ1n) is 10.5. The van der Waals surface area contributed by atoms with Gasteiger partial charge < -0.3 is 23.8 Å². The van der Waals surface area contributed by atoms with Crippen molar-refractivity contribution in [3.63, 3.8) is 0 Å². The van der Waals surface area contributed by atoms with Crippen LogP contribution in [0, 0.1) is 0 Å². The summed E-state index contributed by atoms with van der Waals surface area (Å²) in [5.41, 5.74) is 3.61. The largest absolute Gasteiger partial charge is 0.454 e. The minimum Gasteiger partial charge on any atom is -0.454 e. The lowest BCUT2D eigenvalue weighted by Crippen LogP contribution is -2.29. The van der Waals surface area contributed by atoms with Gasteiger partial charge in [-0.25, -0.2) is 0 Å². The predicted octanol–water partition coefficient (Wildman–Crippen LogP) is 4.47. The number of anilines is 1. The van der Waals surface area contributed by atoms with Crippen LogP contribution in [0.3, 0.4) is 0 Å². The van der Waals surface area contributed by atoms with Crippen LogP contribution in [0.1, 0.15) is 31.9 Å². The van der Waals surface area contributed by atoms with Gasteiger partial charge in [0.2, 0.25) is 18.6 Å². The second-order valence-electron chi connectivity index (χ2n) is 7.42. The number of rotatable bonds is 8. The molecule has 0 saturated heterocycles. The van der Waals surface area contributed by atoms with Crippen molar-refractivity contribution in [3.05, 3.63) is 59.7 Å². The summed E-state index contributed by atoms with van der Waals surface area (Å²) in [6.07, 6.45) is 0. The van der Waals surface area contributed by atoms with Gasteiger partial charge >= 0.3 is 0 Å². The van der Waals surface area contributed by atoms with Gasteiger partial charge in [0.05, 0.1) is 12.1 Å². The van der Waals surface area contributed by atoms with Gasteiger partial charge in [-0.2, -0.15) is 0 Å². The molecular weight excluding hydrogens is 394 g/mol. The third-order valence-electron chi connectivity index (χ3n) is 5.47. The molecule has 0 saturated carbocycles. The van der Waals surface area contributed by atoms with Gasteiger partial charge in [-0.05, 0) is 31.5 Å². The van der Waals surface area contributed by atoms with Crippen LogP contribution in [0.15, 0.2) is 53.1 Å². The van der Waals surface area contributed by atoms with Crippen molar-refractivity contribution in [1.29, 1.82) is 0 Å². The first-order valence-corrected chi connectivity index (χ1v) is 10.5. The predicted molar refractivity (Wildman–Crippen MR) is 118 cm³/mol. The number of benzene rings is 2. The van der Waals surface area contributed by atoms with Crippen molar-refractivity contribution in [3.8, 4) is 22.8 Å². The van der Waals surface area contributed by atoms with Crippen molar-refractivity contribution in [2.24, 2.45) is 0 Å². The summed E-state index contributed by atoms with van der Waals surface area (Å²) in [7, 11) is 0. The Balaban J connectivity index is 1.67. The molecule has 0 fully saturated rings. The zero-order valence-corrected chi connectivity index (χ0v) is 18.1. The number of hydrogen-bond acceptors (Lipinski definition) is 6. The Morgan fingerprint density at radius 2 is 1.74 bits per heavy atom. The Hall–Kier alpha value is -3.48. The van der Waals surface area contributed by atoms with Crippen LogP contribution in [0.5, 0.6) is 11.5 Å². The zero-order chi connectivity index (χ0) is 21.8. The van der Waals surface area contributed by atoms with Gasteiger partial charge in [-0.3, -0.25) is 4.79 Å². The molecule has 0 unspecified atom stereocenters. The van der Waals surface area contributed by atoms with E-state index in [-0.39, 0.29) is 12.7 Å². The molecule has 1 amide bonds. The van der Waals surface area contributed by atoms with Crippen LogP contribution in [0.4, 0.5) is 5.88 Å². The Labute approximate surface area is 182 Å². The van der Waals surface area contributed by atoms with Gasteiger partial charge in [-0.15, -0.1) is 0 Å². The van der Waals surface area contributed by atoms with Crippen molar-refractivity contribution in [1.82, 2.24) is 10.1 Å². The van der Waals surface area contributed by atoms with Crippen molar-refractivity contribution in [2.75, 3.05) is 24.8 Å². The van der Waals surface area contributed by atoms with Crippen LogP contribution in [0.25, 0.3) is 11.3 Å². The minimum atomic E-state index is -0.0247. The normalized spacial score (nSPS) is 12.1. The standard InChI is InChI=1S/C24H27N3O4/c1-4-26(5-2)24-20(23(25-31-24)19-9-7-6-8-10-19)15-27(17(3)28)14-18-11-12-21-22(13-18)30-16-29-21/h6-13H,4-5,14-16H2,1-3H3. The fourth-order valence-electron chi connectivity index (χ4n) is 3.75. The number of aromatic nitrogens is 1. The Bertz CT molecular complexity index is 1040. The average Bonchev–Trinajstić information content (AvgIpc) is 3.42. The number of fused-ring (bicyclic) bond motifs is 1. The number of amides is 1. The highest BCUT2D eigenvalue weighted by atomic mass is 16.7. The number of nitrogens with zero attached hydrogens (tertiary/aromatic N) is 3. The fourth-order valence-corrected chi connectivity index (χ4v) is 3.75. The summed E-state index contributed by atoms with van der Waals surface area (Å²) in [5.74, 6) is 2.12. The maximum Gasteiger partial charge on any atom is 0.232 e. The number of ether oxygens (including phenoxy) is 2. The summed E-state index contributed by atoms with van der Waals surface area (Å²) in [6.45, 7) is 8.38. The number of carbonyl (C=O) groups excluding carboxylic acids is 1. The van der Waals surface area contributed by atoms with Gasteiger partial charge in [0.15, 0.2) is 11.5 Å². The molecule has 0 bridgehead atoms. The highest BCUT2D eigenvalue weighted by molar-refractivity contribution is 5.75. The lowest BCUT2D eigenvalue weighted by atomic mass is 10.1. The van der Waals surface area contributed by atoms with E-state index in [0.717, 1.165) is 41.2 Å². The summed E-state index contributed by atoms with van der Waals surface area (Å²) in [6, 6.07) is 15.7. The molecule has 4 rings (SSSR count). The molecule has 0 spiro atoms. The molecule has 0 atom stereocenters. The molecule has 1 aliphatic rings. The van der Waals surface area contributed by atoms with Crippen LogP contribution in [0.2, 0.25) is 0 Å². The Kier molecular flexibility index (Phi) is 6.11. The van der Waals surface area contributed by atoms with Gasteiger partial charge in [-0.1, -0.05) is 41.6 Å². The smallest absolute Gasteiger partial charge is 0.232 e. The molecule has 2 aromatic carbocycles. The summed E-state index contributed by atoms with van der Waals surface area (Å²) < 4.78 is 16.7. The van der Waals surface area contributed by atoms with Crippen LogP contribution in [-0.2, 0) is 17.9 Å². The number of carbonyl (C=O) groups is 1. The van der Waals surface area contributed by atoms with Crippen molar-refractivity contribution < 1.29 is 18.8 Å². The van der Waals surface area contributed by atoms with Crippen molar-refractivity contribution >= 4 is 11.8 Å². The van der Waals surface area contributed by atoms with Crippen LogP contribution in [-0.4, -0.2) is 35.8 Å². The second-order valence-corrected chi connectivity index (χ2v) is 7.42. The number of hydrogen-bond donors (Lipinski definition) is 0. The second kappa shape index (κ2) is 9.12. The molecular formula is C24H27N3O4. The fraction of sp³-hybridized carbons (Fsp3) is 0.333. The minimum absolute atomic E-state index is 0.0247. The van der Waals surface area contributed by atoms with E-state index in [9.17, 15) is 4.79 Å². The van der Waals surface area contributed by atoms with E-state index in [1.54, 1.807) is 11.8 Å². The molecule has 7 nitrogen and oxygen atoms in total. The lowest BCUT2D eigenvalue weighted by Gasteiger charge is -2.24. The molecule has 0 N–H and O–H groups in total. The highest BCUT2D eigenvalue weighted by Crippen LogP contribution is 2.35. The first kappa shape index (κ1) is 20.8. The van der Waals surface area contributed by atoms with Crippen LogP contribution >= 0.6 is 0 Å². The van der Waals surface area contributed by atoms with E-state index in [2.05, 4.69) is 23.9 Å². The van der Waals surface area contributed by atoms with Crippen LogP contribution < -0.4 is 14.4 Å². The maximum absolute atomic E-state index is 12.6.